The molecular weight excluding hydrogens is 332 g/mol. The minimum absolute atomic E-state index is 0.104. The summed E-state index contributed by atoms with van der Waals surface area (Å²) in [6.45, 7) is 0.104. The first kappa shape index (κ1) is 19.2. The van der Waals surface area contributed by atoms with Crippen LogP contribution in [0, 0.1) is 0 Å². The summed E-state index contributed by atoms with van der Waals surface area (Å²) in [6.07, 6.45) is 0.447. The molecule has 0 aliphatic rings. The Balaban J connectivity index is 1.78. The van der Waals surface area contributed by atoms with E-state index in [4.69, 9.17) is 10.5 Å². The van der Waals surface area contributed by atoms with Gasteiger partial charge in [-0.05, 0) is 17.5 Å². The van der Waals surface area contributed by atoms with E-state index in [1.54, 1.807) is 0 Å². The summed E-state index contributed by atoms with van der Waals surface area (Å²) in [6, 6.07) is 17.6. The van der Waals surface area contributed by atoms with Gasteiger partial charge in [-0.25, -0.2) is 0 Å². The third-order valence-electron chi connectivity index (χ3n) is 3.78. The largest absolute Gasteiger partial charge is 0.461 e. The van der Waals surface area contributed by atoms with E-state index >= 15 is 0 Å². The molecule has 0 radical (unpaired) electrons. The number of hydrogen-bond donors (Lipinski definition) is 2. The molecule has 0 fully saturated rings. The molecule has 0 aliphatic carbocycles. The molecule has 1 atom stereocenters. The van der Waals surface area contributed by atoms with Crippen LogP contribution in [0.2, 0.25) is 0 Å². The molecule has 6 nitrogen and oxygen atoms in total. The highest BCUT2D eigenvalue weighted by atomic mass is 16.5. The lowest BCUT2D eigenvalue weighted by Crippen LogP contribution is -2.46. The lowest BCUT2D eigenvalue weighted by atomic mass is 10.1. The topological polar surface area (TPSA) is 98.5 Å². The molecule has 6 heteroatoms. The lowest BCUT2D eigenvalue weighted by Gasteiger charge is -2.15. The number of carbonyl (C=O) groups is 3. The highest BCUT2D eigenvalue weighted by Crippen LogP contribution is 2.05. The first-order valence-corrected chi connectivity index (χ1v) is 8.37. The Morgan fingerprint density at radius 1 is 0.923 bits per heavy atom. The summed E-state index contributed by atoms with van der Waals surface area (Å²) in [5, 5.41) is 2.50. The molecule has 0 saturated heterocycles. The Morgan fingerprint density at radius 2 is 1.50 bits per heavy atom. The van der Waals surface area contributed by atoms with Crippen LogP contribution >= 0.6 is 0 Å². The van der Waals surface area contributed by atoms with Crippen molar-refractivity contribution in [2.45, 2.75) is 31.9 Å². The maximum absolute atomic E-state index is 12.0. The number of esters is 1. The highest BCUT2D eigenvalue weighted by molar-refractivity contribution is 5.90. The fourth-order valence-electron chi connectivity index (χ4n) is 2.36. The van der Waals surface area contributed by atoms with Crippen molar-refractivity contribution in [3.8, 4) is 0 Å². The molecule has 0 saturated carbocycles. The molecular formula is C20H22N2O4. The average molecular weight is 354 g/mol. The van der Waals surface area contributed by atoms with Crippen molar-refractivity contribution in [3.05, 3.63) is 71.8 Å². The van der Waals surface area contributed by atoms with E-state index in [1.165, 1.54) is 0 Å². The number of nitrogens with two attached hydrogens (primary N) is 1. The Hall–Kier alpha value is -3.15. The van der Waals surface area contributed by atoms with Gasteiger partial charge in [0.2, 0.25) is 11.8 Å². The lowest BCUT2D eigenvalue weighted by molar-refractivity contribution is -0.147. The molecule has 2 aromatic rings. The Labute approximate surface area is 152 Å². The van der Waals surface area contributed by atoms with Gasteiger partial charge in [0.1, 0.15) is 12.6 Å². The molecule has 2 amide bonds. The van der Waals surface area contributed by atoms with Gasteiger partial charge in [-0.1, -0.05) is 60.7 Å². The molecule has 26 heavy (non-hydrogen) atoms. The number of hydrogen-bond acceptors (Lipinski definition) is 4. The predicted molar refractivity (Wildman–Crippen MR) is 96.7 cm³/mol. The molecule has 2 rings (SSSR count). The summed E-state index contributed by atoms with van der Waals surface area (Å²) in [5.41, 5.74) is 7.14. The number of ether oxygens (including phenoxy) is 1. The zero-order valence-corrected chi connectivity index (χ0v) is 14.4. The van der Waals surface area contributed by atoms with Crippen molar-refractivity contribution in [2.75, 3.05) is 0 Å². The third kappa shape index (κ3) is 6.76. The Kier molecular flexibility index (Phi) is 7.36. The minimum Gasteiger partial charge on any atom is -0.461 e. The van der Waals surface area contributed by atoms with Crippen LogP contribution in [0.4, 0.5) is 0 Å². The molecule has 0 bridgehead atoms. The smallest absolute Gasteiger partial charge is 0.308 e. The Morgan fingerprint density at radius 3 is 2.08 bits per heavy atom. The first-order chi connectivity index (χ1) is 12.5. The number of benzene rings is 2. The monoisotopic (exact) mass is 354 g/mol. The van der Waals surface area contributed by atoms with Crippen LogP contribution in [0.3, 0.4) is 0 Å². The number of primary amides is 1. The Bertz CT molecular complexity index is 674. The summed E-state index contributed by atoms with van der Waals surface area (Å²) < 4.78 is 5.12. The summed E-state index contributed by atoms with van der Waals surface area (Å²) in [4.78, 5) is 35.5. The second kappa shape index (κ2) is 9.98. The third-order valence-corrected chi connectivity index (χ3v) is 3.78. The molecule has 3 N–H and O–H groups in total. The minimum atomic E-state index is -1.08. The van der Waals surface area contributed by atoms with Crippen LogP contribution in [-0.4, -0.2) is 23.8 Å². The zero-order chi connectivity index (χ0) is 18.8. The number of nitrogens with one attached hydrogen (secondary N) is 1. The average Bonchev–Trinajstić information content (AvgIpc) is 2.66. The molecule has 0 heterocycles. The highest BCUT2D eigenvalue weighted by Gasteiger charge is 2.22. The van der Waals surface area contributed by atoms with Crippen molar-refractivity contribution in [1.29, 1.82) is 0 Å². The van der Waals surface area contributed by atoms with Gasteiger partial charge < -0.3 is 15.8 Å². The number of carbonyl (C=O) groups excluding carboxylic acids is 3. The number of rotatable bonds is 9. The van der Waals surface area contributed by atoms with E-state index in [-0.39, 0.29) is 25.4 Å². The van der Waals surface area contributed by atoms with Gasteiger partial charge in [-0.3, -0.25) is 14.4 Å². The zero-order valence-electron chi connectivity index (χ0n) is 14.4. The van der Waals surface area contributed by atoms with Gasteiger partial charge in [-0.2, -0.15) is 0 Å². The molecule has 136 valence electrons. The second-order valence-corrected chi connectivity index (χ2v) is 5.86. The molecule has 2 aromatic carbocycles. The van der Waals surface area contributed by atoms with Crippen LogP contribution in [0.1, 0.15) is 24.0 Å². The fourth-order valence-corrected chi connectivity index (χ4v) is 2.36. The second-order valence-electron chi connectivity index (χ2n) is 5.86. The van der Waals surface area contributed by atoms with Crippen molar-refractivity contribution in [3.63, 3.8) is 0 Å². The number of aryl methyl sites for hydroxylation is 1. The van der Waals surface area contributed by atoms with E-state index in [0.29, 0.717) is 6.42 Å². The van der Waals surface area contributed by atoms with Crippen LogP contribution in [0.5, 0.6) is 0 Å². The van der Waals surface area contributed by atoms with E-state index in [1.807, 2.05) is 60.7 Å². The predicted octanol–water partition coefficient (Wildman–Crippen LogP) is 1.72. The van der Waals surface area contributed by atoms with Crippen molar-refractivity contribution < 1.29 is 19.1 Å². The standard InChI is InChI=1S/C20H22N2O4/c21-20(25)17(13-19(24)26-14-16-9-5-2-6-10-16)22-18(23)12-11-15-7-3-1-4-8-15/h1-10,17H,11-14H2,(H2,21,25)(H,22,23)/t17-/m0/s1. The normalized spacial score (nSPS) is 11.4. The van der Waals surface area contributed by atoms with Crippen molar-refractivity contribution in [2.24, 2.45) is 5.73 Å². The van der Waals surface area contributed by atoms with E-state index < -0.39 is 17.9 Å². The van der Waals surface area contributed by atoms with Gasteiger partial charge in [0.05, 0.1) is 6.42 Å². The van der Waals surface area contributed by atoms with E-state index in [0.717, 1.165) is 11.1 Å². The van der Waals surface area contributed by atoms with Gasteiger partial charge in [0.25, 0.3) is 0 Å². The fraction of sp³-hybridized carbons (Fsp3) is 0.250. The van der Waals surface area contributed by atoms with Gasteiger partial charge in [-0.15, -0.1) is 0 Å². The summed E-state index contributed by atoms with van der Waals surface area (Å²) in [7, 11) is 0. The maximum atomic E-state index is 12.0. The molecule has 0 aromatic heterocycles. The quantitative estimate of drug-likeness (QED) is 0.670. The van der Waals surface area contributed by atoms with Crippen LogP contribution in [0.25, 0.3) is 0 Å². The SMILES string of the molecule is NC(=O)[C@H](CC(=O)OCc1ccccc1)NC(=O)CCc1ccccc1. The molecule has 0 spiro atoms. The van der Waals surface area contributed by atoms with Crippen LogP contribution < -0.4 is 11.1 Å². The summed E-state index contributed by atoms with van der Waals surface area (Å²) >= 11 is 0. The van der Waals surface area contributed by atoms with E-state index in [2.05, 4.69) is 5.32 Å². The molecule has 0 aliphatic heterocycles. The summed E-state index contributed by atoms with van der Waals surface area (Å²) in [5.74, 6) is -1.70. The van der Waals surface area contributed by atoms with Crippen LogP contribution in [0.15, 0.2) is 60.7 Å². The number of amides is 2. The van der Waals surface area contributed by atoms with E-state index in [9.17, 15) is 14.4 Å². The van der Waals surface area contributed by atoms with Crippen LogP contribution in [-0.2, 0) is 32.1 Å². The maximum Gasteiger partial charge on any atom is 0.308 e. The van der Waals surface area contributed by atoms with Gasteiger partial charge in [0, 0.05) is 6.42 Å². The van der Waals surface area contributed by atoms with Crippen molar-refractivity contribution in [1.82, 2.24) is 5.32 Å². The van der Waals surface area contributed by atoms with Gasteiger partial charge in [0.15, 0.2) is 0 Å². The van der Waals surface area contributed by atoms with Crippen molar-refractivity contribution >= 4 is 17.8 Å². The van der Waals surface area contributed by atoms with Gasteiger partial charge >= 0.3 is 5.97 Å². The molecule has 0 unspecified atom stereocenters. The first-order valence-electron chi connectivity index (χ1n) is 8.37.